The fourth-order valence-electron chi connectivity index (χ4n) is 1.94. The van der Waals surface area contributed by atoms with Gasteiger partial charge >= 0.3 is 0 Å². The second-order valence-electron chi connectivity index (χ2n) is 3.59. The van der Waals surface area contributed by atoms with Crippen molar-refractivity contribution in [3.8, 4) is 0 Å². The number of hydrogen-bond donors (Lipinski definition) is 0. The van der Waals surface area contributed by atoms with Gasteiger partial charge in [0.25, 0.3) is 0 Å². The summed E-state index contributed by atoms with van der Waals surface area (Å²) in [6.07, 6.45) is 5.70. The molecular formula is C17H43NO. The lowest BCUT2D eigenvalue weighted by atomic mass is 9.92. The van der Waals surface area contributed by atoms with Crippen LogP contribution in [0, 0.1) is 0 Å². The molecule has 0 spiro atoms. The van der Waals surface area contributed by atoms with Crippen LogP contribution in [0.2, 0.25) is 0 Å². The first kappa shape index (κ1) is 27.3. The van der Waals surface area contributed by atoms with Crippen molar-refractivity contribution in [3.63, 3.8) is 0 Å². The summed E-state index contributed by atoms with van der Waals surface area (Å²) in [5.74, 6) is 0. The predicted octanol–water partition coefficient (Wildman–Crippen LogP) is 5.61. The maximum Gasteiger partial charge on any atom is 0.0726 e. The summed E-state index contributed by atoms with van der Waals surface area (Å²) < 4.78 is 5.42. The van der Waals surface area contributed by atoms with Crippen LogP contribution in [0.1, 0.15) is 81.1 Å². The minimum Gasteiger partial charge on any atom is -0.380 e. The summed E-state index contributed by atoms with van der Waals surface area (Å²) in [5.41, 5.74) is 0. The molecule has 2 atom stereocenters. The van der Waals surface area contributed by atoms with Gasteiger partial charge in [-0.05, 0) is 26.9 Å². The Bertz CT molecular complexity index is 116. The van der Waals surface area contributed by atoms with E-state index in [1.54, 1.807) is 0 Å². The molecule has 0 radical (unpaired) electrons. The summed E-state index contributed by atoms with van der Waals surface area (Å²) in [6, 6.07) is 0.647. The smallest absolute Gasteiger partial charge is 0.0726 e. The van der Waals surface area contributed by atoms with Gasteiger partial charge in [-0.25, -0.2) is 0 Å². The van der Waals surface area contributed by atoms with Crippen LogP contribution in [-0.2, 0) is 4.74 Å². The van der Waals surface area contributed by atoms with Crippen LogP contribution in [0.5, 0.6) is 0 Å². The maximum absolute atomic E-state index is 5.42. The van der Waals surface area contributed by atoms with Crippen LogP contribution in [0.15, 0.2) is 0 Å². The molecule has 0 unspecified atom stereocenters. The van der Waals surface area contributed by atoms with Gasteiger partial charge in [0.15, 0.2) is 0 Å². The topological polar surface area (TPSA) is 12.5 Å². The van der Waals surface area contributed by atoms with Crippen molar-refractivity contribution in [1.29, 1.82) is 0 Å². The van der Waals surface area contributed by atoms with Crippen LogP contribution in [-0.4, -0.2) is 38.3 Å². The average Bonchev–Trinajstić information content (AvgIpc) is 2.55. The number of methoxy groups -OCH3 is 1. The average molecular weight is 278 g/mol. The van der Waals surface area contributed by atoms with Crippen LogP contribution in [0.3, 0.4) is 0 Å². The third-order valence-corrected chi connectivity index (χ3v) is 2.63. The van der Waals surface area contributed by atoms with Crippen molar-refractivity contribution in [2.45, 2.75) is 93.2 Å². The maximum atomic E-state index is 5.42. The first-order chi connectivity index (χ1) is 9.25. The Hall–Kier alpha value is -0.0800. The van der Waals surface area contributed by atoms with Crippen molar-refractivity contribution in [3.05, 3.63) is 0 Å². The highest BCUT2D eigenvalue weighted by molar-refractivity contribution is 4.80. The molecule has 0 aromatic carbocycles. The number of likely N-dealkylation sites (N-methyl/N-ethyl adjacent to an activating group) is 1. The minimum atomic E-state index is 0.471. The second-order valence-corrected chi connectivity index (χ2v) is 3.59. The summed E-state index contributed by atoms with van der Waals surface area (Å²) >= 11 is 0. The lowest BCUT2D eigenvalue weighted by Crippen LogP contribution is -2.42. The van der Waals surface area contributed by atoms with Crippen molar-refractivity contribution < 1.29 is 4.74 Å². The molecule has 0 aromatic rings. The lowest BCUT2D eigenvalue weighted by Gasteiger charge is -2.34. The normalized spacial score (nSPS) is 20.2. The number of ether oxygens (including phenoxy) is 1. The zero-order valence-electron chi connectivity index (χ0n) is 15.8. The number of rotatable bonds is 2. The molecule has 1 aliphatic rings. The summed E-state index contributed by atoms with van der Waals surface area (Å²) in [5, 5.41) is 0. The molecule has 19 heavy (non-hydrogen) atoms. The molecule has 0 N–H and O–H groups in total. The van der Waals surface area contributed by atoms with E-state index < -0.39 is 0 Å². The molecule has 0 aromatic heterocycles. The fourth-order valence-corrected chi connectivity index (χ4v) is 1.94. The van der Waals surface area contributed by atoms with E-state index in [1.807, 2.05) is 62.5 Å². The first-order valence-corrected chi connectivity index (χ1v) is 8.45. The Morgan fingerprint density at radius 1 is 0.737 bits per heavy atom. The third-order valence-electron chi connectivity index (χ3n) is 2.63. The Labute approximate surface area is 124 Å². The van der Waals surface area contributed by atoms with E-state index in [2.05, 4.69) is 19.0 Å². The van der Waals surface area contributed by atoms with Gasteiger partial charge in [0.1, 0.15) is 0 Å². The minimum absolute atomic E-state index is 0.471. The largest absolute Gasteiger partial charge is 0.380 e. The van der Waals surface area contributed by atoms with Gasteiger partial charge < -0.3 is 9.64 Å². The molecule has 0 bridgehead atoms. The molecule has 2 nitrogen and oxygen atoms in total. The monoisotopic (exact) mass is 277 g/mol. The van der Waals surface area contributed by atoms with Crippen LogP contribution >= 0.6 is 0 Å². The van der Waals surface area contributed by atoms with E-state index in [-0.39, 0.29) is 0 Å². The van der Waals surface area contributed by atoms with E-state index in [4.69, 9.17) is 4.74 Å². The summed E-state index contributed by atoms with van der Waals surface area (Å²) in [6.45, 7) is 16.0. The highest BCUT2D eigenvalue weighted by Crippen LogP contribution is 2.23. The van der Waals surface area contributed by atoms with Crippen molar-refractivity contribution in [2.75, 3.05) is 21.2 Å². The highest BCUT2D eigenvalue weighted by atomic mass is 16.5. The second kappa shape index (κ2) is 26.5. The van der Waals surface area contributed by atoms with E-state index in [9.17, 15) is 0 Å². The standard InChI is InChI=1S/C9H19NO.4C2H6/c1-10(2)8-6-4-5-7-9(8)11-3;4*1-2/h8-9H,4-7H2,1-3H3;4*1-2H3/t8-,9+;;;;/m0..../s1. The Kier molecular flexibility index (Phi) is 38.0. The van der Waals surface area contributed by atoms with Crippen molar-refractivity contribution in [2.24, 2.45) is 0 Å². The van der Waals surface area contributed by atoms with Gasteiger partial charge in [-0.15, -0.1) is 0 Å². The Morgan fingerprint density at radius 3 is 1.37 bits per heavy atom. The molecule has 1 saturated carbocycles. The quantitative estimate of drug-likeness (QED) is 0.650. The van der Waals surface area contributed by atoms with Crippen LogP contribution in [0.4, 0.5) is 0 Å². The molecule has 0 saturated heterocycles. The Balaban J connectivity index is -0.000000121. The zero-order chi connectivity index (χ0) is 16.3. The zero-order valence-corrected chi connectivity index (χ0v) is 15.8. The van der Waals surface area contributed by atoms with Gasteiger partial charge in [-0.2, -0.15) is 0 Å². The van der Waals surface area contributed by atoms with Gasteiger partial charge in [0.2, 0.25) is 0 Å². The van der Waals surface area contributed by atoms with Crippen LogP contribution < -0.4 is 0 Å². The molecule has 2 heteroatoms. The summed E-state index contributed by atoms with van der Waals surface area (Å²) in [4.78, 5) is 2.29. The molecule has 0 heterocycles. The Morgan fingerprint density at radius 2 is 1.11 bits per heavy atom. The van der Waals surface area contributed by atoms with Gasteiger partial charge in [0.05, 0.1) is 6.10 Å². The van der Waals surface area contributed by atoms with Crippen molar-refractivity contribution in [1.82, 2.24) is 4.90 Å². The van der Waals surface area contributed by atoms with E-state index >= 15 is 0 Å². The van der Waals surface area contributed by atoms with E-state index in [0.29, 0.717) is 12.1 Å². The molecule has 0 amide bonds. The molecule has 1 rings (SSSR count). The lowest BCUT2D eigenvalue weighted by molar-refractivity contribution is 0.00633. The van der Waals surface area contributed by atoms with Gasteiger partial charge in [-0.1, -0.05) is 68.2 Å². The molecular weight excluding hydrogens is 234 g/mol. The fraction of sp³-hybridized carbons (Fsp3) is 1.00. The third kappa shape index (κ3) is 15.9. The highest BCUT2D eigenvalue weighted by Gasteiger charge is 2.25. The van der Waals surface area contributed by atoms with E-state index in [0.717, 1.165) is 0 Å². The van der Waals surface area contributed by atoms with E-state index in [1.165, 1.54) is 25.7 Å². The number of hydrogen-bond acceptors (Lipinski definition) is 2. The van der Waals surface area contributed by atoms with Crippen LogP contribution in [0.25, 0.3) is 0 Å². The van der Waals surface area contributed by atoms with Gasteiger partial charge in [-0.3, -0.25) is 0 Å². The SMILES string of the molecule is CC.CC.CC.CC.CO[C@@H]1CCCC[C@@H]1N(C)C. The molecule has 1 aliphatic carbocycles. The first-order valence-electron chi connectivity index (χ1n) is 8.45. The predicted molar refractivity (Wildman–Crippen MR) is 92.1 cm³/mol. The van der Waals surface area contributed by atoms with Gasteiger partial charge in [0, 0.05) is 13.2 Å². The van der Waals surface area contributed by atoms with Crippen molar-refractivity contribution >= 4 is 0 Å². The number of nitrogens with zero attached hydrogens (tertiary/aromatic N) is 1. The molecule has 122 valence electrons. The summed E-state index contributed by atoms with van der Waals surface area (Å²) in [7, 11) is 6.11. The molecule has 1 fully saturated rings. The molecule has 0 aliphatic heterocycles.